The van der Waals surface area contributed by atoms with Crippen LogP contribution in [-0.4, -0.2) is 61.6 Å². The molecule has 1 fully saturated rings. The zero-order valence-electron chi connectivity index (χ0n) is 17.7. The van der Waals surface area contributed by atoms with Gasteiger partial charge < -0.3 is 19.3 Å². The van der Waals surface area contributed by atoms with Gasteiger partial charge in [0.05, 0.1) is 23.8 Å². The van der Waals surface area contributed by atoms with Crippen molar-refractivity contribution in [3.05, 3.63) is 64.2 Å². The van der Waals surface area contributed by atoms with E-state index in [2.05, 4.69) is 34.1 Å². The molecule has 6 heteroatoms. The molecule has 0 saturated carbocycles. The quantitative estimate of drug-likeness (QED) is 0.697. The highest BCUT2D eigenvalue weighted by molar-refractivity contribution is 5.93. The Bertz CT molecular complexity index is 1020. The van der Waals surface area contributed by atoms with E-state index in [0.717, 1.165) is 75.6 Å². The fourth-order valence-corrected chi connectivity index (χ4v) is 4.86. The second-order valence-electron chi connectivity index (χ2n) is 8.66. The summed E-state index contributed by atoms with van der Waals surface area (Å²) in [5.41, 5.74) is 4.92. The van der Waals surface area contributed by atoms with Crippen molar-refractivity contribution in [1.29, 1.82) is 5.26 Å². The third-order valence-corrected chi connectivity index (χ3v) is 6.71. The summed E-state index contributed by atoms with van der Waals surface area (Å²) in [5.74, 6) is 1.16. The lowest BCUT2D eigenvalue weighted by molar-refractivity contribution is 0.0535. The number of hydrogen-bond donors (Lipinski definition) is 0. The molecule has 0 aromatic heterocycles. The van der Waals surface area contributed by atoms with Crippen molar-refractivity contribution >= 4 is 5.97 Å². The summed E-state index contributed by atoms with van der Waals surface area (Å²) in [4.78, 5) is 16.7. The van der Waals surface area contributed by atoms with Gasteiger partial charge in [-0.1, -0.05) is 18.2 Å². The number of nitriles is 1. The van der Waals surface area contributed by atoms with Gasteiger partial charge in [-0.25, -0.2) is 4.79 Å². The van der Waals surface area contributed by atoms with Crippen molar-refractivity contribution < 1.29 is 14.3 Å². The van der Waals surface area contributed by atoms with Gasteiger partial charge >= 0.3 is 5.97 Å². The second-order valence-corrected chi connectivity index (χ2v) is 8.66. The fourth-order valence-electron chi connectivity index (χ4n) is 4.86. The first kappa shape index (κ1) is 20.0. The number of ether oxygens (including phenoxy) is 2. The average molecular weight is 418 g/mol. The number of carbonyl (C=O) groups is 1. The summed E-state index contributed by atoms with van der Waals surface area (Å²) in [7, 11) is 0. The molecule has 6 nitrogen and oxygen atoms in total. The largest absolute Gasteiger partial charge is 0.493 e. The van der Waals surface area contributed by atoms with Crippen LogP contribution in [0.25, 0.3) is 0 Å². The van der Waals surface area contributed by atoms with Gasteiger partial charge in [0.2, 0.25) is 0 Å². The highest BCUT2D eigenvalue weighted by Gasteiger charge is 2.26. The Morgan fingerprint density at radius 1 is 1.03 bits per heavy atom. The number of benzene rings is 2. The molecule has 160 valence electrons. The maximum absolute atomic E-state index is 11.6. The maximum Gasteiger partial charge on any atom is 0.338 e. The highest BCUT2D eigenvalue weighted by Crippen LogP contribution is 2.35. The van der Waals surface area contributed by atoms with Crippen LogP contribution in [0.2, 0.25) is 0 Å². The molecule has 1 atom stereocenters. The predicted octanol–water partition coefficient (Wildman–Crippen LogP) is 2.96. The van der Waals surface area contributed by atoms with Crippen LogP contribution in [0, 0.1) is 11.3 Å². The topological polar surface area (TPSA) is 65.8 Å². The average Bonchev–Trinajstić information content (AvgIpc) is 3.18. The molecule has 0 amide bonds. The van der Waals surface area contributed by atoms with Crippen molar-refractivity contribution in [2.45, 2.75) is 25.4 Å². The number of piperazine rings is 1. The number of rotatable bonds is 5. The summed E-state index contributed by atoms with van der Waals surface area (Å²) in [6.45, 7) is 7.54. The molecule has 0 N–H and O–H groups in total. The molecular weight excluding hydrogens is 390 g/mol. The normalized spacial score (nSPS) is 21.0. The minimum Gasteiger partial charge on any atom is -0.493 e. The van der Waals surface area contributed by atoms with Gasteiger partial charge in [-0.2, -0.15) is 5.26 Å². The zero-order valence-corrected chi connectivity index (χ0v) is 17.7. The molecule has 0 radical (unpaired) electrons. The van der Waals surface area contributed by atoms with E-state index in [1.54, 1.807) is 0 Å². The Kier molecular flexibility index (Phi) is 5.63. The number of cyclic esters (lactones) is 1. The molecule has 0 bridgehead atoms. The monoisotopic (exact) mass is 417 g/mol. The molecular formula is C25H27N3O3. The lowest BCUT2D eigenvalue weighted by Crippen LogP contribution is -2.48. The van der Waals surface area contributed by atoms with Gasteiger partial charge in [0.25, 0.3) is 0 Å². The maximum atomic E-state index is 11.6. The van der Waals surface area contributed by atoms with Gasteiger partial charge in [-0.05, 0) is 42.2 Å². The molecule has 1 unspecified atom stereocenters. The molecule has 0 spiro atoms. The van der Waals surface area contributed by atoms with Crippen LogP contribution in [0.4, 0.5) is 0 Å². The van der Waals surface area contributed by atoms with Gasteiger partial charge in [-0.3, -0.25) is 0 Å². The van der Waals surface area contributed by atoms with E-state index in [1.165, 1.54) is 11.1 Å². The van der Waals surface area contributed by atoms with Crippen LogP contribution in [-0.2, 0) is 17.8 Å². The molecule has 2 aromatic rings. The summed E-state index contributed by atoms with van der Waals surface area (Å²) >= 11 is 0. The molecule has 3 aliphatic heterocycles. The van der Waals surface area contributed by atoms with Gasteiger partial charge in [0.15, 0.2) is 0 Å². The third-order valence-electron chi connectivity index (χ3n) is 6.71. The minimum absolute atomic E-state index is 0.199. The van der Waals surface area contributed by atoms with E-state index in [1.807, 2.05) is 18.2 Å². The van der Waals surface area contributed by atoms with Crippen LogP contribution in [0.1, 0.15) is 45.0 Å². The van der Waals surface area contributed by atoms with Crippen LogP contribution in [0.3, 0.4) is 0 Å². The molecule has 3 heterocycles. The molecule has 2 aromatic carbocycles. The predicted molar refractivity (Wildman–Crippen MR) is 116 cm³/mol. The first-order valence-electron chi connectivity index (χ1n) is 11.1. The smallest absolute Gasteiger partial charge is 0.338 e. The van der Waals surface area contributed by atoms with Gasteiger partial charge in [-0.15, -0.1) is 0 Å². The van der Waals surface area contributed by atoms with Crippen LogP contribution < -0.4 is 4.74 Å². The first-order chi connectivity index (χ1) is 15.2. The Hall–Kier alpha value is -2.88. The Balaban J connectivity index is 1.12. The molecule has 3 aliphatic rings. The Morgan fingerprint density at radius 3 is 2.71 bits per heavy atom. The van der Waals surface area contributed by atoms with E-state index in [-0.39, 0.29) is 5.97 Å². The summed E-state index contributed by atoms with van der Waals surface area (Å²) in [6, 6.07) is 14.1. The number of hydrogen-bond acceptors (Lipinski definition) is 6. The molecule has 0 aliphatic carbocycles. The Morgan fingerprint density at radius 2 is 1.87 bits per heavy atom. The molecule has 5 rings (SSSR count). The van der Waals surface area contributed by atoms with E-state index in [0.29, 0.717) is 18.1 Å². The van der Waals surface area contributed by atoms with E-state index < -0.39 is 0 Å². The third kappa shape index (κ3) is 4.30. The summed E-state index contributed by atoms with van der Waals surface area (Å²) < 4.78 is 10.9. The lowest BCUT2D eigenvalue weighted by atomic mass is 9.91. The number of carbonyl (C=O) groups excluding carboxylic acids is 1. The standard InChI is InChI=1S/C25H27N3O3/c26-15-19-2-3-22-20(6-12-30-24(22)14-19)16-28-10-8-27(9-11-28)7-5-18-1-4-23-21(13-18)17-31-25(23)29/h1-4,13-14,20H,5-12,16-17H2. The van der Waals surface area contributed by atoms with Gasteiger partial charge in [0.1, 0.15) is 12.4 Å². The van der Waals surface area contributed by atoms with Crippen molar-refractivity contribution in [2.75, 3.05) is 45.9 Å². The van der Waals surface area contributed by atoms with Crippen LogP contribution in [0.15, 0.2) is 36.4 Å². The zero-order chi connectivity index (χ0) is 21.2. The Labute approximate surface area is 183 Å². The summed E-state index contributed by atoms with van der Waals surface area (Å²) in [5, 5.41) is 9.12. The van der Waals surface area contributed by atoms with E-state index in [4.69, 9.17) is 14.7 Å². The second kappa shape index (κ2) is 8.70. The summed E-state index contributed by atoms with van der Waals surface area (Å²) in [6.07, 6.45) is 2.03. The van der Waals surface area contributed by atoms with Crippen molar-refractivity contribution in [3.8, 4) is 11.8 Å². The molecule has 31 heavy (non-hydrogen) atoms. The van der Waals surface area contributed by atoms with Gasteiger partial charge in [0, 0.05) is 50.7 Å². The number of fused-ring (bicyclic) bond motifs is 2. The first-order valence-corrected chi connectivity index (χ1v) is 11.1. The minimum atomic E-state index is -0.199. The van der Waals surface area contributed by atoms with E-state index >= 15 is 0 Å². The highest BCUT2D eigenvalue weighted by atomic mass is 16.5. The van der Waals surface area contributed by atoms with E-state index in [9.17, 15) is 4.79 Å². The van der Waals surface area contributed by atoms with Crippen molar-refractivity contribution in [3.63, 3.8) is 0 Å². The number of esters is 1. The lowest BCUT2D eigenvalue weighted by Gasteiger charge is -2.37. The molecule has 1 saturated heterocycles. The fraction of sp³-hybridized carbons (Fsp3) is 0.440. The number of nitrogens with zero attached hydrogens (tertiary/aromatic N) is 3. The van der Waals surface area contributed by atoms with Crippen molar-refractivity contribution in [1.82, 2.24) is 9.80 Å². The van der Waals surface area contributed by atoms with Crippen LogP contribution >= 0.6 is 0 Å². The van der Waals surface area contributed by atoms with Crippen molar-refractivity contribution in [2.24, 2.45) is 0 Å². The van der Waals surface area contributed by atoms with Crippen LogP contribution in [0.5, 0.6) is 5.75 Å². The SMILES string of the molecule is N#Cc1ccc2c(c1)OCCC2CN1CCN(CCc2ccc3c(c2)COC3=O)CC1.